The predicted molar refractivity (Wildman–Crippen MR) is 65.7 cm³/mol. The van der Waals surface area contributed by atoms with E-state index in [0.29, 0.717) is 0 Å². The Balaban J connectivity index is 3.22. The van der Waals surface area contributed by atoms with Crippen LogP contribution in [0.15, 0.2) is 23.1 Å². The first-order chi connectivity index (χ1) is 8.29. The van der Waals surface area contributed by atoms with Crippen LogP contribution in [0.2, 0.25) is 0 Å². The molecule has 0 heterocycles. The van der Waals surface area contributed by atoms with E-state index in [2.05, 4.69) is 4.72 Å². The summed E-state index contributed by atoms with van der Waals surface area (Å²) in [6.07, 6.45) is 0. The van der Waals surface area contributed by atoms with E-state index in [0.717, 1.165) is 6.07 Å². The van der Waals surface area contributed by atoms with E-state index in [1.807, 2.05) is 13.8 Å². The smallest absolute Gasteiger partial charge is 0.208 e. The number of nitrogens with zero attached hydrogens (tertiary/aromatic N) is 1. The van der Waals surface area contributed by atoms with Gasteiger partial charge < -0.3 is 0 Å². The van der Waals surface area contributed by atoms with Crippen LogP contribution in [0.4, 0.5) is 4.39 Å². The lowest BCUT2D eigenvalue weighted by Gasteiger charge is -2.18. The van der Waals surface area contributed by atoms with E-state index in [1.165, 1.54) is 12.1 Å². The molecule has 1 aromatic carbocycles. The normalized spacial score (nSPS) is 13.3. The van der Waals surface area contributed by atoms with Crippen LogP contribution in [0.5, 0.6) is 0 Å². The Labute approximate surface area is 106 Å². The van der Waals surface area contributed by atoms with Gasteiger partial charge in [0.1, 0.15) is 22.3 Å². The van der Waals surface area contributed by atoms with Gasteiger partial charge in [0.25, 0.3) is 0 Å². The van der Waals surface area contributed by atoms with Gasteiger partial charge in [-0.25, -0.2) is 17.5 Å². The Hall–Kier alpha value is -1.45. The Morgan fingerprint density at radius 2 is 1.94 bits per heavy atom. The summed E-state index contributed by atoms with van der Waals surface area (Å²) >= 11 is 0. The second kappa shape index (κ2) is 5.46. The van der Waals surface area contributed by atoms with Crippen LogP contribution >= 0.6 is 0 Å². The summed E-state index contributed by atoms with van der Waals surface area (Å²) in [5, 5.41) is 8.82. The number of nitrogens with one attached hydrogen (secondary N) is 1. The summed E-state index contributed by atoms with van der Waals surface area (Å²) < 4.78 is 39.9. The molecule has 0 saturated carbocycles. The summed E-state index contributed by atoms with van der Waals surface area (Å²) in [5.74, 6) is -0.739. The highest BCUT2D eigenvalue weighted by Gasteiger charge is 2.23. The zero-order valence-corrected chi connectivity index (χ0v) is 11.3. The van der Waals surface area contributed by atoms with Crippen molar-refractivity contribution in [1.29, 1.82) is 5.26 Å². The number of benzene rings is 1. The Morgan fingerprint density at radius 3 is 2.44 bits per heavy atom. The maximum atomic E-state index is 13.4. The van der Waals surface area contributed by atoms with Crippen LogP contribution in [0.25, 0.3) is 0 Å². The fraction of sp³-hybridized carbons (Fsp3) is 0.417. The molecule has 0 radical (unpaired) electrons. The second-order valence-electron chi connectivity index (χ2n) is 4.38. The fourth-order valence-corrected chi connectivity index (χ4v) is 2.84. The summed E-state index contributed by atoms with van der Waals surface area (Å²) in [7, 11) is -3.88. The van der Waals surface area contributed by atoms with Crippen molar-refractivity contribution in [2.75, 3.05) is 0 Å². The summed E-state index contributed by atoms with van der Waals surface area (Å²) in [4.78, 5) is -0.322. The monoisotopic (exact) mass is 270 g/mol. The number of halogens is 1. The third-order valence-electron chi connectivity index (χ3n) is 2.72. The van der Waals surface area contributed by atoms with Crippen molar-refractivity contribution in [1.82, 2.24) is 4.72 Å². The molecule has 0 aliphatic heterocycles. The van der Waals surface area contributed by atoms with E-state index in [-0.39, 0.29) is 16.9 Å². The Morgan fingerprint density at radius 1 is 1.33 bits per heavy atom. The largest absolute Gasteiger partial charge is 0.242 e. The van der Waals surface area contributed by atoms with Gasteiger partial charge in [0.15, 0.2) is 0 Å². The number of rotatable bonds is 4. The van der Waals surface area contributed by atoms with E-state index in [9.17, 15) is 12.8 Å². The van der Waals surface area contributed by atoms with Crippen molar-refractivity contribution in [2.24, 2.45) is 5.92 Å². The molecule has 18 heavy (non-hydrogen) atoms. The van der Waals surface area contributed by atoms with Crippen LogP contribution in [0, 0.1) is 23.1 Å². The predicted octanol–water partition coefficient (Wildman–Crippen LogP) is 2.02. The van der Waals surface area contributed by atoms with Gasteiger partial charge in [-0.3, -0.25) is 0 Å². The minimum Gasteiger partial charge on any atom is -0.208 e. The molecular weight excluding hydrogens is 255 g/mol. The lowest BCUT2D eigenvalue weighted by Crippen LogP contribution is -2.36. The molecular formula is C12H15FN2O2S. The molecule has 0 saturated heterocycles. The Kier molecular flexibility index (Phi) is 4.43. The van der Waals surface area contributed by atoms with Crippen molar-refractivity contribution in [3.05, 3.63) is 29.6 Å². The molecule has 0 aliphatic carbocycles. The average Bonchev–Trinajstić information content (AvgIpc) is 2.27. The van der Waals surface area contributed by atoms with E-state index < -0.39 is 21.4 Å². The lowest BCUT2D eigenvalue weighted by molar-refractivity contribution is 0.476. The molecule has 98 valence electrons. The molecule has 0 aromatic heterocycles. The van der Waals surface area contributed by atoms with Crippen molar-refractivity contribution in [2.45, 2.75) is 31.7 Å². The topological polar surface area (TPSA) is 70.0 Å². The van der Waals surface area contributed by atoms with Gasteiger partial charge in [-0.1, -0.05) is 19.9 Å². The van der Waals surface area contributed by atoms with Crippen LogP contribution in [0.3, 0.4) is 0 Å². The zero-order valence-electron chi connectivity index (χ0n) is 10.4. The molecule has 1 rings (SSSR count). The van der Waals surface area contributed by atoms with Gasteiger partial charge in [0.05, 0.1) is 0 Å². The molecule has 1 atom stereocenters. The quantitative estimate of drug-likeness (QED) is 0.910. The van der Waals surface area contributed by atoms with Crippen LogP contribution in [-0.2, 0) is 10.0 Å². The Bertz CT molecular complexity index is 576. The molecule has 1 unspecified atom stereocenters. The minimum absolute atomic E-state index is 0.0962. The van der Waals surface area contributed by atoms with E-state index in [1.54, 1.807) is 13.0 Å². The van der Waals surface area contributed by atoms with Gasteiger partial charge in [-0.15, -0.1) is 0 Å². The first-order valence-electron chi connectivity index (χ1n) is 5.50. The number of hydrogen-bond acceptors (Lipinski definition) is 3. The summed E-state index contributed by atoms with van der Waals surface area (Å²) in [6, 6.07) is 4.82. The van der Waals surface area contributed by atoms with Crippen LogP contribution in [-0.4, -0.2) is 14.5 Å². The number of hydrogen-bond donors (Lipinski definition) is 1. The van der Waals surface area contributed by atoms with Gasteiger partial charge in [0, 0.05) is 6.04 Å². The van der Waals surface area contributed by atoms with Gasteiger partial charge >= 0.3 is 0 Å². The highest BCUT2D eigenvalue weighted by Crippen LogP contribution is 2.18. The van der Waals surface area contributed by atoms with Crippen LogP contribution in [0.1, 0.15) is 26.3 Å². The third kappa shape index (κ3) is 3.06. The summed E-state index contributed by atoms with van der Waals surface area (Å²) in [5.41, 5.74) is -0.457. The highest BCUT2D eigenvalue weighted by molar-refractivity contribution is 7.89. The zero-order chi connectivity index (χ0) is 13.9. The minimum atomic E-state index is -3.88. The molecule has 0 amide bonds. The molecule has 0 spiro atoms. The fourth-order valence-electron chi connectivity index (χ4n) is 1.28. The van der Waals surface area contributed by atoms with Crippen molar-refractivity contribution in [3.63, 3.8) is 0 Å². The van der Waals surface area contributed by atoms with Crippen molar-refractivity contribution in [3.8, 4) is 6.07 Å². The first-order valence-corrected chi connectivity index (χ1v) is 6.99. The van der Waals surface area contributed by atoms with Gasteiger partial charge in [-0.2, -0.15) is 5.26 Å². The average molecular weight is 270 g/mol. The van der Waals surface area contributed by atoms with Crippen molar-refractivity contribution < 1.29 is 12.8 Å². The van der Waals surface area contributed by atoms with Crippen LogP contribution < -0.4 is 4.72 Å². The summed E-state index contributed by atoms with van der Waals surface area (Å²) in [6.45, 7) is 5.45. The van der Waals surface area contributed by atoms with E-state index >= 15 is 0 Å². The number of sulfonamides is 1. The molecule has 6 heteroatoms. The molecule has 1 N–H and O–H groups in total. The maximum absolute atomic E-state index is 13.4. The van der Waals surface area contributed by atoms with Gasteiger partial charge in [-0.05, 0) is 25.0 Å². The first kappa shape index (κ1) is 14.6. The molecule has 0 fully saturated rings. The standard InChI is InChI=1S/C12H15FN2O2S/c1-8(2)9(3)15-18(16,17)12-6-4-5-11(13)10(12)7-14/h4-6,8-9,15H,1-3H3. The molecule has 0 aliphatic rings. The van der Waals surface area contributed by atoms with E-state index in [4.69, 9.17) is 5.26 Å². The second-order valence-corrected chi connectivity index (χ2v) is 6.06. The number of nitriles is 1. The third-order valence-corrected chi connectivity index (χ3v) is 4.32. The lowest BCUT2D eigenvalue weighted by atomic mass is 10.1. The van der Waals surface area contributed by atoms with Gasteiger partial charge in [0.2, 0.25) is 10.0 Å². The molecule has 4 nitrogen and oxygen atoms in total. The maximum Gasteiger partial charge on any atom is 0.242 e. The molecule has 0 bridgehead atoms. The molecule has 1 aromatic rings. The SMILES string of the molecule is CC(C)C(C)NS(=O)(=O)c1cccc(F)c1C#N. The van der Waals surface area contributed by atoms with Crippen molar-refractivity contribution >= 4 is 10.0 Å². The highest BCUT2D eigenvalue weighted by atomic mass is 32.2.